The number of piperidine rings is 1. The third-order valence-electron chi connectivity index (χ3n) is 7.51. The second-order valence-electron chi connectivity index (χ2n) is 12.8. The molecule has 1 fully saturated rings. The highest BCUT2D eigenvalue weighted by molar-refractivity contribution is 5.89. The lowest BCUT2D eigenvalue weighted by Gasteiger charge is -2.27. The van der Waals surface area contributed by atoms with Crippen LogP contribution in [0.5, 0.6) is 0 Å². The first-order chi connectivity index (χ1) is 21.7. The van der Waals surface area contributed by atoms with E-state index in [1.165, 1.54) is 0 Å². The number of esters is 2. The number of benzene rings is 1. The van der Waals surface area contributed by atoms with Crippen LogP contribution < -0.4 is 21.3 Å². The minimum absolute atomic E-state index is 0.0350. The van der Waals surface area contributed by atoms with Crippen molar-refractivity contribution in [3.63, 3.8) is 0 Å². The lowest BCUT2D eigenvalue weighted by atomic mass is 9.98. The van der Waals surface area contributed by atoms with Crippen LogP contribution in [0.4, 0.5) is 18.0 Å². The normalized spacial score (nSPS) is 16.2. The zero-order valence-electron chi connectivity index (χ0n) is 27.5. The van der Waals surface area contributed by atoms with Crippen LogP contribution in [-0.2, 0) is 30.3 Å². The summed E-state index contributed by atoms with van der Waals surface area (Å²) in [6.07, 6.45) is -2.72. The Morgan fingerprint density at radius 2 is 1.61 bits per heavy atom. The molecule has 1 aromatic rings. The molecule has 2 amide bonds. The summed E-state index contributed by atoms with van der Waals surface area (Å²) in [7, 11) is 0. The molecule has 2 rings (SSSR count). The van der Waals surface area contributed by atoms with Gasteiger partial charge in [0.2, 0.25) is 5.91 Å². The van der Waals surface area contributed by atoms with Gasteiger partial charge in [-0.25, -0.2) is 9.59 Å². The number of ether oxygens (including phenoxy) is 2. The molecule has 260 valence electrons. The van der Waals surface area contributed by atoms with E-state index in [0.29, 0.717) is 38.8 Å². The summed E-state index contributed by atoms with van der Waals surface area (Å²) in [6.45, 7) is 8.40. The molecule has 0 spiro atoms. The van der Waals surface area contributed by atoms with E-state index < -0.39 is 60.3 Å². The van der Waals surface area contributed by atoms with Crippen LogP contribution >= 0.6 is 0 Å². The standard InChI is InChI=1S/C33H51F3N4O6/c1-5-6-15-26(30(43)45-29(42)24-16-19-37-20-17-24)38-22-25(14-10-11-18-33(34,35)36)39-28(41)27(21-23-12-8-7-9-13-23)40-31(44)46-32(2,3)4/h7-9,12-13,24-27,37-38H,5-6,10-11,14-22H2,1-4H3,(H,39,41)(H,40,44)/t25-,26?,27-/m1/s1. The van der Waals surface area contributed by atoms with Gasteiger partial charge in [0.05, 0.1) is 5.92 Å². The van der Waals surface area contributed by atoms with Crippen LogP contribution in [-0.4, -0.2) is 73.5 Å². The van der Waals surface area contributed by atoms with E-state index in [4.69, 9.17) is 9.47 Å². The van der Waals surface area contributed by atoms with E-state index >= 15 is 0 Å². The zero-order valence-corrected chi connectivity index (χ0v) is 27.5. The van der Waals surface area contributed by atoms with Crippen LogP contribution in [0.2, 0.25) is 0 Å². The SMILES string of the molecule is CCCCC(NC[C@@H](CCCCC(F)(F)F)NC(=O)[C@@H](Cc1ccccc1)NC(=O)OC(C)(C)C)C(=O)OC(=O)C1CCNCC1. The zero-order chi connectivity index (χ0) is 34.2. The van der Waals surface area contributed by atoms with Gasteiger partial charge < -0.3 is 30.7 Å². The highest BCUT2D eigenvalue weighted by Gasteiger charge is 2.31. The maximum atomic E-state index is 13.6. The fourth-order valence-corrected chi connectivity index (χ4v) is 5.06. The minimum Gasteiger partial charge on any atom is -0.444 e. The van der Waals surface area contributed by atoms with E-state index in [2.05, 4.69) is 21.3 Å². The Hall–Kier alpha value is -3.19. The molecule has 10 nitrogen and oxygen atoms in total. The monoisotopic (exact) mass is 656 g/mol. The Kier molecular flexibility index (Phi) is 16.5. The van der Waals surface area contributed by atoms with Crippen LogP contribution in [0.15, 0.2) is 30.3 Å². The predicted octanol–water partition coefficient (Wildman–Crippen LogP) is 4.95. The lowest BCUT2D eigenvalue weighted by Crippen LogP contribution is -2.54. The van der Waals surface area contributed by atoms with Gasteiger partial charge in [0.15, 0.2) is 0 Å². The van der Waals surface area contributed by atoms with Crippen molar-refractivity contribution in [2.45, 2.75) is 122 Å². The Bertz CT molecular complexity index is 1090. The number of halogens is 3. The van der Waals surface area contributed by atoms with Crippen molar-refractivity contribution < 1.29 is 41.8 Å². The van der Waals surface area contributed by atoms with E-state index in [-0.39, 0.29) is 38.1 Å². The Morgan fingerprint density at radius 1 is 0.935 bits per heavy atom. The Labute approximate surface area is 270 Å². The molecule has 0 radical (unpaired) electrons. The first kappa shape index (κ1) is 39.0. The van der Waals surface area contributed by atoms with E-state index in [9.17, 15) is 32.3 Å². The molecule has 1 saturated heterocycles. The van der Waals surface area contributed by atoms with Gasteiger partial charge in [-0.3, -0.25) is 9.59 Å². The first-order valence-electron chi connectivity index (χ1n) is 16.3. The molecule has 1 aliphatic heterocycles. The molecule has 1 unspecified atom stereocenters. The van der Waals surface area contributed by atoms with E-state index in [0.717, 1.165) is 12.0 Å². The number of alkyl carbamates (subject to hydrolysis) is 1. The molecule has 0 aliphatic carbocycles. The quantitative estimate of drug-likeness (QED) is 0.105. The van der Waals surface area contributed by atoms with Gasteiger partial charge in [0, 0.05) is 25.4 Å². The molecule has 1 aliphatic rings. The first-order valence-corrected chi connectivity index (χ1v) is 16.3. The molecule has 46 heavy (non-hydrogen) atoms. The van der Waals surface area contributed by atoms with Crippen molar-refractivity contribution in [3.8, 4) is 0 Å². The number of hydrogen-bond donors (Lipinski definition) is 4. The van der Waals surface area contributed by atoms with Crippen molar-refractivity contribution in [2.75, 3.05) is 19.6 Å². The molecule has 3 atom stereocenters. The summed E-state index contributed by atoms with van der Waals surface area (Å²) in [4.78, 5) is 51.9. The van der Waals surface area contributed by atoms with Crippen molar-refractivity contribution in [3.05, 3.63) is 35.9 Å². The topological polar surface area (TPSA) is 135 Å². The second kappa shape index (κ2) is 19.5. The van der Waals surface area contributed by atoms with Crippen LogP contribution in [0.3, 0.4) is 0 Å². The Balaban J connectivity index is 2.17. The molecule has 4 N–H and O–H groups in total. The van der Waals surface area contributed by atoms with Crippen LogP contribution in [0.25, 0.3) is 0 Å². The van der Waals surface area contributed by atoms with Gasteiger partial charge >= 0.3 is 24.2 Å². The van der Waals surface area contributed by atoms with Gasteiger partial charge in [0.1, 0.15) is 17.7 Å². The molecule has 1 heterocycles. The number of carbonyl (C=O) groups is 4. The maximum Gasteiger partial charge on any atom is 0.408 e. The highest BCUT2D eigenvalue weighted by Crippen LogP contribution is 2.23. The average molecular weight is 657 g/mol. The molecule has 0 saturated carbocycles. The highest BCUT2D eigenvalue weighted by atomic mass is 19.4. The van der Waals surface area contributed by atoms with E-state index in [1.807, 2.05) is 25.1 Å². The lowest BCUT2D eigenvalue weighted by molar-refractivity contribution is -0.164. The molecule has 13 heteroatoms. The summed E-state index contributed by atoms with van der Waals surface area (Å²) in [6, 6.07) is 6.47. The van der Waals surface area contributed by atoms with Gasteiger partial charge in [-0.05, 0) is 71.5 Å². The number of amides is 2. The summed E-state index contributed by atoms with van der Waals surface area (Å²) in [5.74, 6) is -2.20. The number of hydrogen-bond acceptors (Lipinski definition) is 8. The maximum absolute atomic E-state index is 13.6. The smallest absolute Gasteiger partial charge is 0.408 e. The summed E-state index contributed by atoms with van der Waals surface area (Å²) >= 11 is 0. The molecule has 1 aromatic carbocycles. The molecular weight excluding hydrogens is 605 g/mol. The van der Waals surface area contributed by atoms with Crippen LogP contribution in [0, 0.1) is 5.92 Å². The molecular formula is C33H51F3N4O6. The van der Waals surface area contributed by atoms with Gasteiger partial charge in [0.25, 0.3) is 0 Å². The number of nitrogens with one attached hydrogen (secondary N) is 4. The van der Waals surface area contributed by atoms with Gasteiger partial charge in [-0.1, -0.05) is 56.5 Å². The number of alkyl halides is 3. The van der Waals surface area contributed by atoms with Gasteiger partial charge in [-0.15, -0.1) is 0 Å². The number of carbonyl (C=O) groups excluding carboxylic acids is 4. The van der Waals surface area contributed by atoms with Crippen molar-refractivity contribution >= 4 is 23.9 Å². The largest absolute Gasteiger partial charge is 0.444 e. The van der Waals surface area contributed by atoms with Crippen LogP contribution in [0.1, 0.15) is 91.0 Å². The Morgan fingerprint density at radius 3 is 2.22 bits per heavy atom. The third kappa shape index (κ3) is 16.4. The van der Waals surface area contributed by atoms with Crippen molar-refractivity contribution in [1.29, 1.82) is 0 Å². The predicted molar refractivity (Wildman–Crippen MR) is 168 cm³/mol. The fraction of sp³-hybridized carbons (Fsp3) is 0.697. The number of rotatable bonds is 17. The summed E-state index contributed by atoms with van der Waals surface area (Å²) < 4.78 is 49.1. The fourth-order valence-electron chi connectivity index (χ4n) is 5.06. The molecule has 0 aromatic heterocycles. The average Bonchev–Trinajstić information content (AvgIpc) is 2.98. The summed E-state index contributed by atoms with van der Waals surface area (Å²) in [5, 5.41) is 11.7. The van der Waals surface area contributed by atoms with Gasteiger partial charge in [-0.2, -0.15) is 13.2 Å². The minimum atomic E-state index is -4.30. The summed E-state index contributed by atoms with van der Waals surface area (Å²) in [5.41, 5.74) is -0.0282. The van der Waals surface area contributed by atoms with E-state index in [1.54, 1.807) is 32.9 Å². The van der Waals surface area contributed by atoms with Crippen molar-refractivity contribution in [2.24, 2.45) is 5.92 Å². The third-order valence-corrected chi connectivity index (χ3v) is 7.51. The molecule has 0 bridgehead atoms. The second-order valence-corrected chi connectivity index (χ2v) is 12.8. The van der Waals surface area contributed by atoms with Crippen molar-refractivity contribution in [1.82, 2.24) is 21.3 Å². The number of unbranched alkanes of at least 4 members (excludes halogenated alkanes) is 2.